The van der Waals surface area contributed by atoms with E-state index in [2.05, 4.69) is 40.4 Å². The van der Waals surface area contributed by atoms with E-state index in [4.69, 9.17) is 4.74 Å². The molecule has 0 bridgehead atoms. The van der Waals surface area contributed by atoms with Crippen LogP contribution in [0.25, 0.3) is 11.3 Å². The highest BCUT2D eigenvalue weighted by Crippen LogP contribution is 2.21. The van der Waals surface area contributed by atoms with Gasteiger partial charge in [-0.05, 0) is 49.6 Å². The maximum atomic E-state index is 12.4. The topological polar surface area (TPSA) is 76.5 Å². The SMILES string of the molecule is Cc1cc(C)cc(/C=N/NC(=O)c2cncc(-c3ccc(OCC(C)C)cc3)n2)c1. The highest BCUT2D eigenvalue weighted by molar-refractivity contribution is 5.93. The van der Waals surface area contributed by atoms with E-state index in [0.29, 0.717) is 18.2 Å². The zero-order valence-corrected chi connectivity index (χ0v) is 17.7. The molecule has 0 fully saturated rings. The number of hydrazone groups is 1. The van der Waals surface area contributed by atoms with Crippen molar-refractivity contribution >= 4 is 12.1 Å². The van der Waals surface area contributed by atoms with Crippen LogP contribution in [0.2, 0.25) is 0 Å². The van der Waals surface area contributed by atoms with E-state index in [0.717, 1.165) is 28.0 Å². The lowest BCUT2D eigenvalue weighted by Gasteiger charge is -2.09. The highest BCUT2D eigenvalue weighted by atomic mass is 16.5. The Hall–Kier alpha value is -3.54. The molecule has 0 saturated carbocycles. The number of nitrogens with one attached hydrogen (secondary N) is 1. The standard InChI is InChI=1S/C24H26N4O2/c1-16(2)15-30-21-7-5-20(6-8-21)22-13-25-14-23(27-22)24(29)28-26-12-19-10-17(3)9-18(4)11-19/h5-14,16H,15H2,1-4H3,(H,28,29)/b26-12+. The average molecular weight is 402 g/mol. The summed E-state index contributed by atoms with van der Waals surface area (Å²) in [7, 11) is 0. The third-order valence-corrected chi connectivity index (χ3v) is 4.22. The smallest absolute Gasteiger partial charge is 0.291 e. The first-order chi connectivity index (χ1) is 14.4. The van der Waals surface area contributed by atoms with Crippen molar-refractivity contribution < 1.29 is 9.53 Å². The fourth-order valence-electron chi connectivity index (χ4n) is 2.91. The van der Waals surface area contributed by atoms with E-state index in [1.54, 1.807) is 12.4 Å². The Morgan fingerprint density at radius 2 is 1.80 bits per heavy atom. The minimum atomic E-state index is -0.415. The second kappa shape index (κ2) is 9.78. The fourth-order valence-corrected chi connectivity index (χ4v) is 2.91. The largest absolute Gasteiger partial charge is 0.493 e. The van der Waals surface area contributed by atoms with Gasteiger partial charge in [-0.2, -0.15) is 5.10 Å². The number of benzene rings is 2. The van der Waals surface area contributed by atoms with E-state index in [1.807, 2.05) is 50.2 Å². The molecule has 0 radical (unpaired) electrons. The van der Waals surface area contributed by atoms with Crippen LogP contribution in [0.3, 0.4) is 0 Å². The first kappa shape index (κ1) is 21.2. The molecule has 0 aliphatic carbocycles. The van der Waals surface area contributed by atoms with Gasteiger partial charge in [-0.15, -0.1) is 0 Å². The number of carbonyl (C=O) groups excluding carboxylic acids is 1. The molecule has 3 rings (SSSR count). The monoisotopic (exact) mass is 402 g/mol. The van der Waals surface area contributed by atoms with Gasteiger partial charge in [0.25, 0.3) is 5.91 Å². The number of amides is 1. The van der Waals surface area contributed by atoms with Crippen LogP contribution in [-0.4, -0.2) is 28.7 Å². The van der Waals surface area contributed by atoms with Crippen LogP contribution in [-0.2, 0) is 0 Å². The number of nitrogens with zero attached hydrogens (tertiary/aromatic N) is 3. The zero-order valence-electron chi connectivity index (χ0n) is 17.7. The molecule has 0 aliphatic rings. The van der Waals surface area contributed by atoms with Crippen LogP contribution in [0, 0.1) is 19.8 Å². The fraction of sp³-hybridized carbons (Fsp3) is 0.250. The third kappa shape index (κ3) is 5.98. The molecule has 3 aromatic rings. The molecule has 30 heavy (non-hydrogen) atoms. The molecule has 0 aliphatic heterocycles. The second-order valence-electron chi connectivity index (χ2n) is 7.64. The summed E-state index contributed by atoms with van der Waals surface area (Å²) in [6, 6.07) is 13.7. The predicted octanol–water partition coefficient (Wildman–Crippen LogP) is 4.56. The second-order valence-corrected chi connectivity index (χ2v) is 7.64. The van der Waals surface area contributed by atoms with Gasteiger partial charge in [0, 0.05) is 5.56 Å². The highest BCUT2D eigenvalue weighted by Gasteiger charge is 2.09. The Kier molecular flexibility index (Phi) is 6.91. The Morgan fingerprint density at radius 1 is 1.10 bits per heavy atom. The number of ether oxygens (including phenoxy) is 1. The molecule has 1 N–H and O–H groups in total. The summed E-state index contributed by atoms with van der Waals surface area (Å²) in [5, 5.41) is 4.04. The maximum absolute atomic E-state index is 12.4. The van der Waals surface area contributed by atoms with Gasteiger partial charge in [-0.25, -0.2) is 10.4 Å². The van der Waals surface area contributed by atoms with Crippen LogP contribution >= 0.6 is 0 Å². The Morgan fingerprint density at radius 3 is 2.47 bits per heavy atom. The van der Waals surface area contributed by atoms with E-state index < -0.39 is 5.91 Å². The summed E-state index contributed by atoms with van der Waals surface area (Å²) in [6.07, 6.45) is 4.66. The maximum Gasteiger partial charge on any atom is 0.291 e. The molecule has 6 heteroatoms. The molecule has 1 aromatic heterocycles. The first-order valence-corrected chi connectivity index (χ1v) is 9.87. The molecule has 0 unspecified atom stereocenters. The molecule has 6 nitrogen and oxygen atoms in total. The average Bonchev–Trinajstić information content (AvgIpc) is 2.72. The number of aryl methyl sites for hydroxylation is 2. The summed E-state index contributed by atoms with van der Waals surface area (Å²) in [5.74, 6) is 0.847. The molecule has 1 heterocycles. The van der Waals surface area contributed by atoms with Crippen molar-refractivity contribution in [3.05, 3.63) is 77.2 Å². The number of hydrogen-bond donors (Lipinski definition) is 1. The van der Waals surface area contributed by atoms with Crippen LogP contribution < -0.4 is 10.2 Å². The van der Waals surface area contributed by atoms with Crippen molar-refractivity contribution in [2.75, 3.05) is 6.61 Å². The van der Waals surface area contributed by atoms with Gasteiger partial charge in [0.1, 0.15) is 11.4 Å². The van der Waals surface area contributed by atoms with Gasteiger partial charge >= 0.3 is 0 Å². The predicted molar refractivity (Wildman–Crippen MR) is 119 cm³/mol. The lowest BCUT2D eigenvalue weighted by molar-refractivity contribution is 0.0950. The Labute approximate surface area is 177 Å². The lowest BCUT2D eigenvalue weighted by Crippen LogP contribution is -2.19. The summed E-state index contributed by atoms with van der Waals surface area (Å²) < 4.78 is 5.70. The number of rotatable bonds is 7. The molecule has 0 atom stereocenters. The van der Waals surface area contributed by atoms with Crippen LogP contribution in [0.5, 0.6) is 5.75 Å². The molecule has 154 valence electrons. The van der Waals surface area contributed by atoms with Crippen molar-refractivity contribution in [1.82, 2.24) is 15.4 Å². The van der Waals surface area contributed by atoms with Gasteiger partial charge in [0.15, 0.2) is 0 Å². The quantitative estimate of drug-likeness (QED) is 0.464. The normalized spacial score (nSPS) is 11.1. The van der Waals surface area contributed by atoms with Crippen molar-refractivity contribution in [2.45, 2.75) is 27.7 Å². The van der Waals surface area contributed by atoms with Gasteiger partial charge < -0.3 is 4.74 Å². The first-order valence-electron chi connectivity index (χ1n) is 9.87. The summed E-state index contributed by atoms with van der Waals surface area (Å²) in [5.41, 5.74) is 7.38. The number of hydrogen-bond acceptors (Lipinski definition) is 5. The molecular weight excluding hydrogens is 376 g/mol. The van der Waals surface area contributed by atoms with E-state index in [-0.39, 0.29) is 5.69 Å². The van der Waals surface area contributed by atoms with E-state index in [9.17, 15) is 4.79 Å². The van der Waals surface area contributed by atoms with Gasteiger partial charge in [0.05, 0.1) is 30.9 Å². The minimum absolute atomic E-state index is 0.199. The van der Waals surface area contributed by atoms with Gasteiger partial charge in [0.2, 0.25) is 0 Å². The molecule has 0 saturated heterocycles. The number of aromatic nitrogens is 2. The van der Waals surface area contributed by atoms with Crippen LogP contribution in [0.4, 0.5) is 0 Å². The van der Waals surface area contributed by atoms with Gasteiger partial charge in [-0.3, -0.25) is 9.78 Å². The lowest BCUT2D eigenvalue weighted by atomic mass is 10.1. The van der Waals surface area contributed by atoms with Gasteiger partial charge in [-0.1, -0.05) is 43.2 Å². The Balaban J connectivity index is 1.67. The molecule has 0 spiro atoms. The van der Waals surface area contributed by atoms with Crippen LogP contribution in [0.1, 0.15) is 41.0 Å². The van der Waals surface area contributed by atoms with Crippen LogP contribution in [0.15, 0.2) is 60.0 Å². The van der Waals surface area contributed by atoms with Crippen molar-refractivity contribution in [2.24, 2.45) is 11.0 Å². The Bertz CT molecular complexity index is 1020. The molecule has 1 amide bonds. The molecular formula is C24H26N4O2. The van der Waals surface area contributed by atoms with E-state index in [1.165, 1.54) is 6.20 Å². The van der Waals surface area contributed by atoms with E-state index >= 15 is 0 Å². The summed E-state index contributed by atoms with van der Waals surface area (Å²) in [6.45, 7) is 8.91. The minimum Gasteiger partial charge on any atom is -0.493 e. The van der Waals surface area contributed by atoms with Crippen molar-refractivity contribution in [3.8, 4) is 17.0 Å². The molecule has 2 aromatic carbocycles. The third-order valence-electron chi connectivity index (χ3n) is 4.22. The number of carbonyl (C=O) groups is 1. The summed E-state index contributed by atoms with van der Waals surface area (Å²) in [4.78, 5) is 21.0. The van der Waals surface area contributed by atoms with Crippen molar-refractivity contribution in [3.63, 3.8) is 0 Å². The zero-order chi connectivity index (χ0) is 21.5. The summed E-state index contributed by atoms with van der Waals surface area (Å²) >= 11 is 0. The van der Waals surface area contributed by atoms with Crippen molar-refractivity contribution in [1.29, 1.82) is 0 Å².